The van der Waals surface area contributed by atoms with Crippen LogP contribution in [0.3, 0.4) is 0 Å². The number of ether oxygens (including phenoxy) is 1. The molecule has 0 amide bonds. The zero-order valence-corrected chi connectivity index (χ0v) is 12.9. The van der Waals surface area contributed by atoms with Crippen molar-refractivity contribution < 1.29 is 9.53 Å². The molecule has 1 rings (SSSR count). The number of rotatable bonds is 4. The zero-order valence-electron chi connectivity index (χ0n) is 9.43. The summed E-state index contributed by atoms with van der Waals surface area (Å²) in [6, 6.07) is 9.98. The van der Waals surface area contributed by atoms with E-state index in [1.807, 2.05) is 37.3 Å². The van der Waals surface area contributed by atoms with Crippen molar-refractivity contribution in [2.24, 2.45) is 0 Å². The molecular weight excluding hydrogens is 385 g/mol. The van der Waals surface area contributed by atoms with Crippen LogP contribution in [0.25, 0.3) is 0 Å². The summed E-state index contributed by atoms with van der Waals surface area (Å²) in [6.45, 7) is 2.33. The molecule has 15 heavy (non-hydrogen) atoms. The molecule has 1 atom stereocenters. The number of hydrogen-bond acceptors (Lipinski definition) is 2. The number of benzene rings is 1. The molecule has 0 N–H and O–H groups in total. The van der Waals surface area contributed by atoms with Crippen LogP contribution in [0.1, 0.15) is 16.1 Å². The van der Waals surface area contributed by atoms with Gasteiger partial charge in [-0.15, -0.1) is 0 Å². The normalized spacial score (nSPS) is 12.5. The SMILES string of the molecule is CCOC(=O)[CH](c1ccccc1)[Bi]([CH3])[CH3]. The van der Waals surface area contributed by atoms with Crippen LogP contribution in [0.4, 0.5) is 0 Å². The van der Waals surface area contributed by atoms with Crippen molar-refractivity contribution in [2.45, 2.75) is 19.8 Å². The maximum atomic E-state index is 11.8. The Labute approximate surface area is 99.3 Å². The van der Waals surface area contributed by atoms with E-state index in [0.29, 0.717) is 6.61 Å². The van der Waals surface area contributed by atoms with Gasteiger partial charge in [0.25, 0.3) is 0 Å². The van der Waals surface area contributed by atoms with Gasteiger partial charge >= 0.3 is 99.6 Å². The molecule has 0 aliphatic carbocycles. The second kappa shape index (κ2) is 6.22. The van der Waals surface area contributed by atoms with Crippen molar-refractivity contribution in [3.05, 3.63) is 35.9 Å². The van der Waals surface area contributed by atoms with Crippen LogP contribution in [0, 0.1) is 0 Å². The van der Waals surface area contributed by atoms with Crippen molar-refractivity contribution >= 4 is 27.7 Å². The van der Waals surface area contributed by atoms with Gasteiger partial charge in [0, 0.05) is 0 Å². The summed E-state index contributed by atoms with van der Waals surface area (Å²) >= 11 is -1.70. The van der Waals surface area contributed by atoms with Gasteiger partial charge in [0.15, 0.2) is 0 Å². The predicted octanol–water partition coefficient (Wildman–Crippen LogP) is 2.63. The first-order valence-corrected chi connectivity index (χ1v) is 14.0. The Hall–Kier alpha value is -0.427. The summed E-state index contributed by atoms with van der Waals surface area (Å²) in [4.78, 5) is 11.8. The van der Waals surface area contributed by atoms with E-state index < -0.39 is 21.8 Å². The van der Waals surface area contributed by atoms with E-state index in [1.165, 1.54) is 0 Å². The van der Waals surface area contributed by atoms with Crippen molar-refractivity contribution in [3.8, 4) is 0 Å². The average Bonchev–Trinajstić information content (AvgIpc) is 2.19. The van der Waals surface area contributed by atoms with Crippen molar-refractivity contribution in [1.29, 1.82) is 0 Å². The van der Waals surface area contributed by atoms with Crippen LogP contribution in [-0.2, 0) is 9.53 Å². The predicted molar refractivity (Wildman–Crippen MR) is 63.3 cm³/mol. The summed E-state index contributed by atoms with van der Waals surface area (Å²) in [5, 5.41) is 0. The van der Waals surface area contributed by atoms with Crippen LogP contribution in [0.2, 0.25) is 9.26 Å². The van der Waals surface area contributed by atoms with Gasteiger partial charge in [-0.2, -0.15) is 0 Å². The summed E-state index contributed by atoms with van der Waals surface area (Å²) in [5.74, 6) is -0.0357. The molecule has 82 valence electrons. The molecule has 3 heteroatoms. The number of carbonyl (C=O) groups excluding carboxylic acids is 1. The average molecular weight is 402 g/mol. The molecule has 0 saturated heterocycles. The molecule has 1 aromatic carbocycles. The van der Waals surface area contributed by atoms with Gasteiger partial charge in [0.2, 0.25) is 0 Å². The summed E-state index contributed by atoms with van der Waals surface area (Å²) in [5.41, 5.74) is 1.12. The minimum atomic E-state index is -1.70. The number of esters is 1. The van der Waals surface area contributed by atoms with Gasteiger partial charge in [-0.05, 0) is 0 Å². The molecule has 0 bridgehead atoms. The zero-order chi connectivity index (χ0) is 11.3. The molecule has 0 fully saturated rings. The minimum absolute atomic E-state index is 0.0357. The van der Waals surface area contributed by atoms with Gasteiger partial charge < -0.3 is 0 Å². The van der Waals surface area contributed by atoms with E-state index in [2.05, 4.69) is 9.26 Å². The molecule has 0 aliphatic heterocycles. The summed E-state index contributed by atoms with van der Waals surface area (Å²) in [6.07, 6.45) is 0. The van der Waals surface area contributed by atoms with Crippen molar-refractivity contribution in [1.82, 2.24) is 0 Å². The third-order valence-electron chi connectivity index (χ3n) is 2.14. The van der Waals surface area contributed by atoms with E-state index in [-0.39, 0.29) is 9.60 Å². The standard InChI is InChI=1S/C10H11O2.2CH3.Bi/c1-2-12-10(11)8-9-6-4-3-5-7-9;;;/h3-8H,2H2,1H3;2*1H3;. The van der Waals surface area contributed by atoms with Gasteiger partial charge in [-0.3, -0.25) is 0 Å². The van der Waals surface area contributed by atoms with Gasteiger partial charge in [-0.1, -0.05) is 0 Å². The maximum absolute atomic E-state index is 11.8. The fourth-order valence-electron chi connectivity index (χ4n) is 1.50. The van der Waals surface area contributed by atoms with Gasteiger partial charge in [-0.25, -0.2) is 0 Å². The topological polar surface area (TPSA) is 26.3 Å². The van der Waals surface area contributed by atoms with E-state index in [0.717, 1.165) is 5.56 Å². The molecule has 2 nitrogen and oxygen atoms in total. The van der Waals surface area contributed by atoms with E-state index in [4.69, 9.17) is 4.74 Å². The van der Waals surface area contributed by atoms with Crippen LogP contribution >= 0.6 is 0 Å². The Kier molecular flexibility index (Phi) is 5.24. The molecule has 0 saturated carbocycles. The quantitative estimate of drug-likeness (QED) is 0.572. The Morgan fingerprint density at radius 1 is 1.33 bits per heavy atom. The Morgan fingerprint density at radius 2 is 1.93 bits per heavy atom. The van der Waals surface area contributed by atoms with E-state index >= 15 is 0 Å². The molecule has 0 heterocycles. The van der Waals surface area contributed by atoms with E-state index in [9.17, 15) is 4.79 Å². The molecule has 0 radical (unpaired) electrons. The Morgan fingerprint density at radius 3 is 2.40 bits per heavy atom. The van der Waals surface area contributed by atoms with Gasteiger partial charge in [0.05, 0.1) is 0 Å². The molecule has 1 aromatic rings. The second-order valence-electron chi connectivity index (χ2n) is 3.53. The summed E-state index contributed by atoms with van der Waals surface area (Å²) in [7, 11) is 0. The Bertz CT molecular complexity index is 309. The first kappa shape index (κ1) is 12.6. The molecule has 0 aromatic heterocycles. The van der Waals surface area contributed by atoms with Crippen molar-refractivity contribution in [3.63, 3.8) is 0 Å². The number of carbonyl (C=O) groups is 1. The first-order valence-electron chi connectivity index (χ1n) is 5.04. The number of hydrogen-bond donors (Lipinski definition) is 0. The summed E-state index contributed by atoms with van der Waals surface area (Å²) < 4.78 is 9.67. The third kappa shape index (κ3) is 3.57. The molecule has 1 unspecified atom stereocenters. The van der Waals surface area contributed by atoms with Gasteiger partial charge in [0.1, 0.15) is 0 Å². The van der Waals surface area contributed by atoms with Crippen molar-refractivity contribution in [2.75, 3.05) is 6.61 Å². The van der Waals surface area contributed by atoms with Crippen LogP contribution in [0.5, 0.6) is 0 Å². The monoisotopic (exact) mass is 402 g/mol. The fourth-order valence-corrected chi connectivity index (χ4v) is 6.42. The van der Waals surface area contributed by atoms with Crippen LogP contribution < -0.4 is 0 Å². The molecule has 0 aliphatic rings. The fraction of sp³-hybridized carbons (Fsp3) is 0.417. The molecular formula is C12H17BiO2. The third-order valence-corrected chi connectivity index (χ3v) is 8.14. The first-order chi connectivity index (χ1) is 7.16. The Balaban J connectivity index is 2.88. The van der Waals surface area contributed by atoms with E-state index in [1.54, 1.807) is 0 Å². The van der Waals surface area contributed by atoms with Crippen LogP contribution in [0.15, 0.2) is 30.3 Å². The van der Waals surface area contributed by atoms with Crippen LogP contribution in [-0.4, -0.2) is 34.3 Å². The second-order valence-corrected chi connectivity index (χ2v) is 13.0. The molecule has 0 spiro atoms.